The number of carbonyl (C=O) groups excluding carboxylic acids is 1. The minimum Gasteiger partial charge on any atom is -0.454 e. The van der Waals surface area contributed by atoms with Crippen LogP contribution in [0.15, 0.2) is 40.9 Å². The predicted octanol–water partition coefficient (Wildman–Crippen LogP) is 4.26. The van der Waals surface area contributed by atoms with Crippen molar-refractivity contribution < 1.29 is 14.3 Å². The van der Waals surface area contributed by atoms with E-state index in [4.69, 9.17) is 9.47 Å². The fraction of sp³-hybridized carbons (Fsp3) is 0.235. The Balaban J connectivity index is 1.75. The lowest BCUT2D eigenvalue weighted by molar-refractivity contribution is -0.115. The van der Waals surface area contributed by atoms with E-state index in [0.29, 0.717) is 5.75 Å². The van der Waals surface area contributed by atoms with Crippen molar-refractivity contribution in [3.8, 4) is 11.5 Å². The van der Waals surface area contributed by atoms with E-state index in [1.165, 1.54) is 5.56 Å². The molecule has 1 unspecified atom stereocenters. The van der Waals surface area contributed by atoms with Crippen LogP contribution in [0.2, 0.25) is 0 Å². The predicted molar refractivity (Wildman–Crippen MR) is 94.1 cm³/mol. The molecule has 6 heteroatoms. The summed E-state index contributed by atoms with van der Waals surface area (Å²) in [6.07, 6.45) is 0. The molecule has 2 aromatic carbocycles. The lowest BCUT2D eigenvalue weighted by Gasteiger charge is -2.25. The van der Waals surface area contributed by atoms with Gasteiger partial charge in [-0.2, -0.15) is 0 Å². The summed E-state index contributed by atoms with van der Waals surface area (Å²) >= 11 is 5.22. The van der Waals surface area contributed by atoms with Gasteiger partial charge in [0.2, 0.25) is 12.7 Å². The molecule has 2 aliphatic rings. The van der Waals surface area contributed by atoms with Gasteiger partial charge in [0, 0.05) is 15.7 Å². The summed E-state index contributed by atoms with van der Waals surface area (Å²) < 4.78 is 11.8. The molecule has 2 aliphatic heterocycles. The maximum atomic E-state index is 12.4. The highest BCUT2D eigenvalue weighted by molar-refractivity contribution is 9.10. The molecule has 0 spiro atoms. The second-order valence-electron chi connectivity index (χ2n) is 5.49. The van der Waals surface area contributed by atoms with Gasteiger partial charge in [-0.15, -0.1) is 11.8 Å². The van der Waals surface area contributed by atoms with Gasteiger partial charge in [-0.3, -0.25) is 9.69 Å². The summed E-state index contributed by atoms with van der Waals surface area (Å²) in [6.45, 7) is 2.28. The number of fused-ring (bicyclic) bond motifs is 1. The zero-order chi connectivity index (χ0) is 16.0. The number of amides is 1. The Hall–Kier alpha value is -1.66. The van der Waals surface area contributed by atoms with E-state index in [1.807, 2.05) is 48.2 Å². The third-order valence-corrected chi connectivity index (χ3v) is 5.82. The van der Waals surface area contributed by atoms with Crippen LogP contribution in [-0.4, -0.2) is 18.5 Å². The minimum absolute atomic E-state index is 0.0749. The summed E-state index contributed by atoms with van der Waals surface area (Å²) in [7, 11) is 0. The monoisotopic (exact) mass is 391 g/mol. The van der Waals surface area contributed by atoms with Crippen LogP contribution < -0.4 is 14.4 Å². The average molecular weight is 392 g/mol. The third-order valence-electron chi connectivity index (χ3n) is 3.94. The van der Waals surface area contributed by atoms with Gasteiger partial charge in [-0.1, -0.05) is 33.6 Å². The minimum atomic E-state index is -0.0749. The van der Waals surface area contributed by atoms with Crippen molar-refractivity contribution in [1.82, 2.24) is 0 Å². The number of nitrogens with zero attached hydrogens (tertiary/aromatic N) is 1. The highest BCUT2D eigenvalue weighted by atomic mass is 79.9. The first-order valence-electron chi connectivity index (χ1n) is 7.23. The molecule has 1 fully saturated rings. The number of anilines is 1. The van der Waals surface area contributed by atoms with Gasteiger partial charge in [0.05, 0.1) is 5.75 Å². The van der Waals surface area contributed by atoms with E-state index in [1.54, 1.807) is 11.8 Å². The van der Waals surface area contributed by atoms with Crippen LogP contribution in [-0.2, 0) is 4.79 Å². The molecule has 1 saturated heterocycles. The summed E-state index contributed by atoms with van der Waals surface area (Å²) in [5.41, 5.74) is 3.11. The number of benzene rings is 2. The number of carbonyl (C=O) groups is 1. The standard InChI is InChI=1S/C17H14BrNO3S/c1-10-2-4-11(5-3-10)19-16(20)8-23-17(19)12-6-14-15(7-13(12)18)22-9-21-14/h2-7,17H,8-9H2,1H3. The van der Waals surface area contributed by atoms with Crippen molar-refractivity contribution in [2.45, 2.75) is 12.3 Å². The summed E-state index contributed by atoms with van der Waals surface area (Å²) in [5, 5.41) is -0.0749. The number of halogens is 1. The van der Waals surface area contributed by atoms with Crippen LogP contribution in [0.25, 0.3) is 0 Å². The Bertz CT molecular complexity index is 778. The third kappa shape index (κ3) is 2.60. The van der Waals surface area contributed by atoms with Crippen LogP contribution in [0.3, 0.4) is 0 Å². The van der Waals surface area contributed by atoms with Crippen LogP contribution >= 0.6 is 27.7 Å². The van der Waals surface area contributed by atoms with Gasteiger partial charge < -0.3 is 9.47 Å². The topological polar surface area (TPSA) is 38.8 Å². The van der Waals surface area contributed by atoms with Gasteiger partial charge in [0.15, 0.2) is 11.5 Å². The lowest BCUT2D eigenvalue weighted by Crippen LogP contribution is -2.27. The maximum Gasteiger partial charge on any atom is 0.238 e. The zero-order valence-corrected chi connectivity index (χ0v) is 14.8. The second-order valence-corrected chi connectivity index (χ2v) is 7.41. The quantitative estimate of drug-likeness (QED) is 0.766. The van der Waals surface area contributed by atoms with E-state index < -0.39 is 0 Å². The number of rotatable bonds is 2. The molecule has 0 N–H and O–H groups in total. The van der Waals surface area contributed by atoms with Crippen LogP contribution in [0, 0.1) is 6.92 Å². The van der Waals surface area contributed by atoms with Crippen molar-refractivity contribution in [2.75, 3.05) is 17.4 Å². The number of hydrogen-bond donors (Lipinski definition) is 0. The van der Waals surface area contributed by atoms with E-state index >= 15 is 0 Å². The Morgan fingerprint density at radius 3 is 2.61 bits per heavy atom. The fourth-order valence-corrected chi connectivity index (χ4v) is 4.65. The Kier molecular flexibility index (Phi) is 3.73. The first kappa shape index (κ1) is 14.9. The van der Waals surface area contributed by atoms with Gasteiger partial charge in [-0.05, 0) is 31.2 Å². The molecule has 2 heterocycles. The van der Waals surface area contributed by atoms with E-state index in [0.717, 1.165) is 27.2 Å². The molecule has 4 nitrogen and oxygen atoms in total. The SMILES string of the molecule is Cc1ccc(N2C(=O)CSC2c2cc3c(cc2Br)OCO3)cc1. The zero-order valence-electron chi connectivity index (χ0n) is 12.4. The molecule has 0 aliphatic carbocycles. The molecule has 1 amide bonds. The molecule has 23 heavy (non-hydrogen) atoms. The Morgan fingerprint density at radius 2 is 1.87 bits per heavy atom. The molecule has 0 bridgehead atoms. The maximum absolute atomic E-state index is 12.4. The van der Waals surface area contributed by atoms with Crippen LogP contribution in [0.1, 0.15) is 16.5 Å². The summed E-state index contributed by atoms with van der Waals surface area (Å²) in [6, 6.07) is 11.9. The molecule has 0 radical (unpaired) electrons. The smallest absolute Gasteiger partial charge is 0.238 e. The van der Waals surface area contributed by atoms with Crippen molar-refractivity contribution in [2.24, 2.45) is 0 Å². The van der Waals surface area contributed by atoms with Crippen molar-refractivity contribution in [3.05, 3.63) is 52.0 Å². The molecular formula is C17H14BrNO3S. The highest BCUT2D eigenvalue weighted by Gasteiger charge is 2.36. The van der Waals surface area contributed by atoms with Crippen molar-refractivity contribution >= 4 is 39.3 Å². The first-order chi connectivity index (χ1) is 11.1. The van der Waals surface area contributed by atoms with Crippen molar-refractivity contribution in [3.63, 3.8) is 0 Å². The summed E-state index contributed by atoms with van der Waals surface area (Å²) in [5.74, 6) is 2.05. The molecule has 0 aromatic heterocycles. The average Bonchev–Trinajstić information content (AvgIpc) is 3.13. The van der Waals surface area contributed by atoms with Gasteiger partial charge >= 0.3 is 0 Å². The van der Waals surface area contributed by atoms with Crippen LogP contribution in [0.5, 0.6) is 11.5 Å². The van der Waals surface area contributed by atoms with Gasteiger partial charge in [0.1, 0.15) is 5.37 Å². The molecule has 4 rings (SSSR count). The number of thioether (sulfide) groups is 1. The molecule has 2 aromatic rings. The van der Waals surface area contributed by atoms with Crippen molar-refractivity contribution in [1.29, 1.82) is 0 Å². The molecule has 1 atom stereocenters. The van der Waals surface area contributed by atoms with E-state index in [2.05, 4.69) is 15.9 Å². The van der Waals surface area contributed by atoms with Crippen LogP contribution in [0.4, 0.5) is 5.69 Å². The van der Waals surface area contributed by atoms with Gasteiger partial charge in [0.25, 0.3) is 0 Å². The second kappa shape index (κ2) is 5.76. The number of hydrogen-bond acceptors (Lipinski definition) is 4. The summed E-state index contributed by atoms with van der Waals surface area (Å²) in [4.78, 5) is 14.3. The largest absolute Gasteiger partial charge is 0.454 e. The van der Waals surface area contributed by atoms with E-state index in [-0.39, 0.29) is 18.1 Å². The normalized spacial score (nSPS) is 19.5. The fourth-order valence-electron chi connectivity index (χ4n) is 2.76. The molecule has 0 saturated carbocycles. The Labute approximate surface area is 146 Å². The molecular weight excluding hydrogens is 378 g/mol. The number of ether oxygens (including phenoxy) is 2. The van der Waals surface area contributed by atoms with Gasteiger partial charge in [-0.25, -0.2) is 0 Å². The lowest BCUT2D eigenvalue weighted by atomic mass is 10.1. The van der Waals surface area contributed by atoms with E-state index in [9.17, 15) is 4.79 Å². The Morgan fingerprint density at radius 1 is 1.17 bits per heavy atom. The first-order valence-corrected chi connectivity index (χ1v) is 9.07. The molecule has 118 valence electrons. The highest BCUT2D eigenvalue weighted by Crippen LogP contribution is 2.47. The number of aryl methyl sites for hydroxylation is 1.